The highest BCUT2D eigenvalue weighted by Gasteiger charge is 1.90. The second kappa shape index (κ2) is 3.16. The Morgan fingerprint density at radius 2 is 2.40 bits per heavy atom. The molecule has 0 amide bonds. The minimum absolute atomic E-state index is 0.978. The van der Waals surface area contributed by atoms with Gasteiger partial charge in [0, 0.05) is 6.21 Å². The van der Waals surface area contributed by atoms with Crippen LogP contribution in [0.2, 0.25) is 0 Å². The Hall–Kier alpha value is -1.11. The SMILES string of the molecule is CC1=CCC=CC(C=N)=C1. The summed E-state index contributed by atoms with van der Waals surface area (Å²) in [6.45, 7) is 2.05. The van der Waals surface area contributed by atoms with E-state index in [-0.39, 0.29) is 0 Å². The molecule has 1 nitrogen and oxygen atoms in total. The average molecular weight is 133 g/mol. The van der Waals surface area contributed by atoms with E-state index in [9.17, 15) is 0 Å². The maximum absolute atomic E-state index is 7.01. The van der Waals surface area contributed by atoms with E-state index in [0.29, 0.717) is 0 Å². The molecule has 1 heteroatoms. The van der Waals surface area contributed by atoms with Gasteiger partial charge in [0.2, 0.25) is 0 Å². The van der Waals surface area contributed by atoms with E-state index < -0.39 is 0 Å². The number of nitrogens with one attached hydrogen (secondary N) is 1. The molecule has 0 atom stereocenters. The lowest BCUT2D eigenvalue weighted by atomic mass is 10.2. The molecule has 0 heterocycles. The highest BCUT2D eigenvalue weighted by atomic mass is 14.3. The van der Waals surface area contributed by atoms with E-state index in [1.165, 1.54) is 11.8 Å². The summed E-state index contributed by atoms with van der Waals surface area (Å²) in [6.07, 6.45) is 10.6. The molecule has 0 saturated carbocycles. The average Bonchev–Trinajstić information content (AvgIpc) is 2.13. The van der Waals surface area contributed by atoms with E-state index in [4.69, 9.17) is 5.41 Å². The smallest absolute Gasteiger partial charge is 0.0250 e. The Labute approximate surface area is 61.3 Å². The maximum atomic E-state index is 7.01. The lowest BCUT2D eigenvalue weighted by molar-refractivity contribution is 1.35. The molecule has 52 valence electrons. The van der Waals surface area contributed by atoms with Gasteiger partial charge in [-0.25, -0.2) is 0 Å². The molecular formula is C9H11N. The van der Waals surface area contributed by atoms with Crippen LogP contribution in [-0.4, -0.2) is 6.21 Å². The molecule has 1 N–H and O–H groups in total. The van der Waals surface area contributed by atoms with E-state index in [0.717, 1.165) is 12.0 Å². The van der Waals surface area contributed by atoms with Crippen molar-refractivity contribution in [2.75, 3.05) is 0 Å². The molecule has 0 aliphatic heterocycles. The lowest BCUT2D eigenvalue weighted by Crippen LogP contribution is -1.76. The first-order valence-electron chi connectivity index (χ1n) is 3.38. The number of allylic oxidation sites excluding steroid dienone is 6. The van der Waals surface area contributed by atoms with E-state index >= 15 is 0 Å². The van der Waals surface area contributed by atoms with Crippen LogP contribution in [0.1, 0.15) is 13.3 Å². The normalized spacial score (nSPS) is 17.3. The fourth-order valence-electron chi connectivity index (χ4n) is 0.918. The fourth-order valence-corrected chi connectivity index (χ4v) is 0.918. The molecule has 1 rings (SSSR count). The zero-order valence-electron chi connectivity index (χ0n) is 6.09. The Kier molecular flexibility index (Phi) is 2.21. The number of rotatable bonds is 1. The first kappa shape index (κ1) is 7.00. The predicted octanol–water partition coefficient (Wildman–Crippen LogP) is 2.47. The van der Waals surface area contributed by atoms with Gasteiger partial charge in [-0.05, 0) is 18.9 Å². The van der Waals surface area contributed by atoms with Gasteiger partial charge in [-0.2, -0.15) is 0 Å². The highest BCUT2D eigenvalue weighted by molar-refractivity contribution is 5.80. The summed E-state index contributed by atoms with van der Waals surface area (Å²) in [6, 6.07) is 0. The van der Waals surface area contributed by atoms with Gasteiger partial charge in [0.1, 0.15) is 0 Å². The summed E-state index contributed by atoms with van der Waals surface area (Å²) in [5.74, 6) is 0. The zero-order chi connectivity index (χ0) is 7.40. The van der Waals surface area contributed by atoms with Crippen LogP contribution in [0.15, 0.2) is 35.5 Å². The third kappa shape index (κ3) is 1.69. The van der Waals surface area contributed by atoms with Crippen molar-refractivity contribution in [3.05, 3.63) is 35.5 Å². The monoisotopic (exact) mass is 133 g/mol. The molecule has 1 aliphatic rings. The van der Waals surface area contributed by atoms with Gasteiger partial charge < -0.3 is 5.41 Å². The Balaban J connectivity index is 2.88. The summed E-state index contributed by atoms with van der Waals surface area (Å²) in [5, 5.41) is 7.01. The van der Waals surface area contributed by atoms with Gasteiger partial charge in [-0.3, -0.25) is 0 Å². The minimum atomic E-state index is 0.978. The van der Waals surface area contributed by atoms with Crippen LogP contribution in [0.4, 0.5) is 0 Å². The van der Waals surface area contributed by atoms with Crippen molar-refractivity contribution >= 4 is 6.21 Å². The molecule has 0 aromatic carbocycles. The topological polar surface area (TPSA) is 23.9 Å². The summed E-state index contributed by atoms with van der Waals surface area (Å²) in [7, 11) is 0. The molecule has 0 spiro atoms. The standard InChI is InChI=1S/C9H11N/c1-8-4-2-3-5-9(6-8)7-10/h3-7,10H,2H2,1H3. The molecule has 0 fully saturated rings. The van der Waals surface area contributed by atoms with Crippen molar-refractivity contribution in [1.29, 1.82) is 5.41 Å². The van der Waals surface area contributed by atoms with Crippen molar-refractivity contribution in [2.24, 2.45) is 0 Å². The highest BCUT2D eigenvalue weighted by Crippen LogP contribution is 2.07. The van der Waals surface area contributed by atoms with Crippen LogP contribution in [0.5, 0.6) is 0 Å². The van der Waals surface area contributed by atoms with Crippen molar-refractivity contribution in [1.82, 2.24) is 0 Å². The molecule has 0 aromatic heterocycles. The van der Waals surface area contributed by atoms with Gasteiger partial charge >= 0.3 is 0 Å². The summed E-state index contributed by atoms with van der Waals surface area (Å²) in [5.41, 5.74) is 2.22. The van der Waals surface area contributed by atoms with Gasteiger partial charge in [0.15, 0.2) is 0 Å². The number of hydrogen-bond donors (Lipinski definition) is 1. The van der Waals surface area contributed by atoms with Gasteiger partial charge in [0.25, 0.3) is 0 Å². The predicted molar refractivity (Wildman–Crippen MR) is 44.4 cm³/mol. The van der Waals surface area contributed by atoms with Crippen molar-refractivity contribution in [3.63, 3.8) is 0 Å². The molecule has 0 saturated heterocycles. The molecule has 0 bridgehead atoms. The van der Waals surface area contributed by atoms with Gasteiger partial charge in [-0.1, -0.05) is 29.9 Å². The molecular weight excluding hydrogens is 122 g/mol. The zero-order valence-corrected chi connectivity index (χ0v) is 6.09. The first-order chi connectivity index (χ1) is 4.83. The van der Waals surface area contributed by atoms with Crippen LogP contribution in [0.25, 0.3) is 0 Å². The molecule has 10 heavy (non-hydrogen) atoms. The Bertz CT molecular complexity index is 219. The summed E-state index contributed by atoms with van der Waals surface area (Å²) in [4.78, 5) is 0. The quantitative estimate of drug-likeness (QED) is 0.531. The Morgan fingerprint density at radius 3 is 3.10 bits per heavy atom. The van der Waals surface area contributed by atoms with Crippen LogP contribution < -0.4 is 0 Å². The molecule has 0 aromatic rings. The second-order valence-corrected chi connectivity index (χ2v) is 2.37. The van der Waals surface area contributed by atoms with Crippen LogP contribution in [0.3, 0.4) is 0 Å². The van der Waals surface area contributed by atoms with Crippen LogP contribution in [0, 0.1) is 5.41 Å². The number of hydrogen-bond acceptors (Lipinski definition) is 1. The lowest BCUT2D eigenvalue weighted by Gasteiger charge is -1.88. The van der Waals surface area contributed by atoms with E-state index in [2.05, 4.69) is 19.1 Å². The third-order valence-corrected chi connectivity index (χ3v) is 1.45. The van der Waals surface area contributed by atoms with Crippen LogP contribution >= 0.6 is 0 Å². The van der Waals surface area contributed by atoms with E-state index in [1.807, 2.05) is 12.2 Å². The fraction of sp³-hybridized carbons (Fsp3) is 0.222. The van der Waals surface area contributed by atoms with Gasteiger partial charge in [-0.15, -0.1) is 0 Å². The second-order valence-electron chi connectivity index (χ2n) is 2.37. The summed E-state index contributed by atoms with van der Waals surface area (Å²) >= 11 is 0. The first-order valence-corrected chi connectivity index (χ1v) is 3.38. The van der Waals surface area contributed by atoms with Crippen molar-refractivity contribution in [2.45, 2.75) is 13.3 Å². The molecule has 0 radical (unpaired) electrons. The van der Waals surface area contributed by atoms with Crippen LogP contribution in [-0.2, 0) is 0 Å². The molecule has 1 aliphatic carbocycles. The third-order valence-electron chi connectivity index (χ3n) is 1.45. The maximum Gasteiger partial charge on any atom is 0.0250 e. The summed E-state index contributed by atoms with van der Waals surface area (Å²) < 4.78 is 0. The Morgan fingerprint density at radius 1 is 1.60 bits per heavy atom. The van der Waals surface area contributed by atoms with E-state index in [1.54, 1.807) is 0 Å². The van der Waals surface area contributed by atoms with Gasteiger partial charge in [0.05, 0.1) is 0 Å². The van der Waals surface area contributed by atoms with Crippen molar-refractivity contribution in [3.8, 4) is 0 Å². The molecule has 0 unspecified atom stereocenters. The minimum Gasteiger partial charge on any atom is -0.308 e. The largest absolute Gasteiger partial charge is 0.308 e. The van der Waals surface area contributed by atoms with Crippen molar-refractivity contribution < 1.29 is 0 Å².